The lowest BCUT2D eigenvalue weighted by atomic mass is 10.1. The Hall–Kier alpha value is -0.120. The van der Waals surface area contributed by atoms with Gasteiger partial charge in [-0.1, -0.05) is 0 Å². The van der Waals surface area contributed by atoms with Crippen molar-refractivity contribution in [2.24, 2.45) is 5.92 Å². The summed E-state index contributed by atoms with van der Waals surface area (Å²) in [5, 5.41) is 3.44. The van der Waals surface area contributed by atoms with Gasteiger partial charge in [0.2, 0.25) is 0 Å². The lowest BCUT2D eigenvalue weighted by Crippen LogP contribution is -2.34. The molecule has 1 N–H and O–H groups in total. The average molecular weight is 211 g/mol. The van der Waals surface area contributed by atoms with E-state index in [1.807, 2.05) is 0 Å². The Kier molecular flexibility index (Phi) is 4.42. The predicted octanol–water partition coefficient (Wildman–Crippen LogP) is 0.623. The first-order valence-electron chi connectivity index (χ1n) is 6.46. The Morgan fingerprint density at radius 3 is 2.80 bits per heavy atom. The molecule has 0 aliphatic carbocycles. The first kappa shape index (κ1) is 11.4. The second kappa shape index (κ2) is 5.83. The molecule has 2 aliphatic rings. The Bertz CT molecular complexity index is 172. The van der Waals surface area contributed by atoms with Gasteiger partial charge in [-0.3, -0.25) is 0 Å². The van der Waals surface area contributed by atoms with Gasteiger partial charge >= 0.3 is 0 Å². The lowest BCUT2D eigenvalue weighted by molar-refractivity contribution is 0.235. The van der Waals surface area contributed by atoms with E-state index in [0.717, 1.165) is 5.92 Å². The van der Waals surface area contributed by atoms with Gasteiger partial charge in [-0.05, 0) is 58.4 Å². The number of nitrogens with zero attached hydrogens (tertiary/aromatic N) is 2. The van der Waals surface area contributed by atoms with Crippen LogP contribution in [0.25, 0.3) is 0 Å². The molecular weight excluding hydrogens is 186 g/mol. The summed E-state index contributed by atoms with van der Waals surface area (Å²) in [5.74, 6) is 0.897. The summed E-state index contributed by atoms with van der Waals surface area (Å²) >= 11 is 0. The molecule has 3 heteroatoms. The maximum absolute atomic E-state index is 3.44. The van der Waals surface area contributed by atoms with Crippen molar-refractivity contribution in [3.05, 3.63) is 0 Å². The normalized spacial score (nSPS) is 28.0. The van der Waals surface area contributed by atoms with Crippen molar-refractivity contribution in [3.8, 4) is 0 Å². The lowest BCUT2D eigenvalue weighted by Gasteiger charge is -2.23. The molecule has 0 spiro atoms. The molecule has 0 aromatic rings. The molecule has 2 fully saturated rings. The Morgan fingerprint density at radius 1 is 1.33 bits per heavy atom. The zero-order valence-corrected chi connectivity index (χ0v) is 10.0. The van der Waals surface area contributed by atoms with Crippen LogP contribution in [0.5, 0.6) is 0 Å². The van der Waals surface area contributed by atoms with Crippen LogP contribution in [0.3, 0.4) is 0 Å². The summed E-state index contributed by atoms with van der Waals surface area (Å²) < 4.78 is 0. The van der Waals surface area contributed by atoms with E-state index in [-0.39, 0.29) is 0 Å². The van der Waals surface area contributed by atoms with E-state index in [4.69, 9.17) is 0 Å². The first-order chi connectivity index (χ1) is 7.34. The van der Waals surface area contributed by atoms with Gasteiger partial charge in [0.1, 0.15) is 0 Å². The largest absolute Gasteiger partial charge is 0.316 e. The molecule has 0 aromatic heterocycles. The molecule has 0 radical (unpaired) electrons. The molecular formula is C12H25N3. The van der Waals surface area contributed by atoms with Crippen LogP contribution in [0.2, 0.25) is 0 Å². The SMILES string of the molecule is CN(CCN1CCCC1)CC1CCNC1. The van der Waals surface area contributed by atoms with E-state index in [0.29, 0.717) is 0 Å². The fraction of sp³-hybridized carbons (Fsp3) is 1.00. The Balaban J connectivity index is 1.57. The van der Waals surface area contributed by atoms with Gasteiger partial charge in [-0.25, -0.2) is 0 Å². The molecule has 2 heterocycles. The molecule has 0 bridgehead atoms. The van der Waals surface area contributed by atoms with Crippen LogP contribution in [0, 0.1) is 5.92 Å². The van der Waals surface area contributed by atoms with Crippen molar-refractivity contribution < 1.29 is 0 Å². The van der Waals surface area contributed by atoms with Crippen molar-refractivity contribution in [2.45, 2.75) is 19.3 Å². The molecule has 1 atom stereocenters. The van der Waals surface area contributed by atoms with Crippen LogP contribution < -0.4 is 5.32 Å². The second-order valence-corrected chi connectivity index (χ2v) is 5.17. The molecule has 2 rings (SSSR count). The highest BCUT2D eigenvalue weighted by Gasteiger charge is 2.17. The molecule has 0 saturated carbocycles. The minimum Gasteiger partial charge on any atom is -0.316 e. The monoisotopic (exact) mass is 211 g/mol. The highest BCUT2D eigenvalue weighted by molar-refractivity contribution is 4.74. The third kappa shape index (κ3) is 3.74. The van der Waals surface area contributed by atoms with E-state index in [9.17, 15) is 0 Å². The van der Waals surface area contributed by atoms with Crippen molar-refractivity contribution in [1.82, 2.24) is 15.1 Å². The third-order valence-corrected chi connectivity index (χ3v) is 3.73. The zero-order valence-electron chi connectivity index (χ0n) is 10.0. The molecule has 88 valence electrons. The van der Waals surface area contributed by atoms with Crippen LogP contribution in [0.4, 0.5) is 0 Å². The van der Waals surface area contributed by atoms with Gasteiger partial charge in [0.05, 0.1) is 0 Å². The summed E-state index contributed by atoms with van der Waals surface area (Å²) in [7, 11) is 2.27. The molecule has 0 aromatic carbocycles. The van der Waals surface area contributed by atoms with E-state index in [1.165, 1.54) is 65.1 Å². The van der Waals surface area contributed by atoms with Gasteiger partial charge in [-0.2, -0.15) is 0 Å². The third-order valence-electron chi connectivity index (χ3n) is 3.73. The standard InChI is InChI=1S/C12H25N3/c1-14(11-12-4-5-13-10-12)8-9-15-6-2-3-7-15/h12-13H,2-11H2,1H3. The van der Waals surface area contributed by atoms with Gasteiger partial charge in [0.25, 0.3) is 0 Å². The summed E-state index contributed by atoms with van der Waals surface area (Å²) in [4.78, 5) is 5.11. The van der Waals surface area contributed by atoms with Crippen LogP contribution in [0.1, 0.15) is 19.3 Å². The number of hydrogen-bond acceptors (Lipinski definition) is 3. The van der Waals surface area contributed by atoms with Crippen molar-refractivity contribution >= 4 is 0 Å². The zero-order chi connectivity index (χ0) is 10.5. The topological polar surface area (TPSA) is 18.5 Å². The molecule has 1 unspecified atom stereocenters. The van der Waals surface area contributed by atoms with Crippen LogP contribution >= 0.6 is 0 Å². The fourth-order valence-corrected chi connectivity index (χ4v) is 2.72. The van der Waals surface area contributed by atoms with Gasteiger partial charge < -0.3 is 15.1 Å². The quantitative estimate of drug-likeness (QED) is 0.719. The summed E-state index contributed by atoms with van der Waals surface area (Å²) in [5.41, 5.74) is 0. The minimum atomic E-state index is 0.897. The van der Waals surface area contributed by atoms with Crippen molar-refractivity contribution in [2.75, 3.05) is 52.9 Å². The first-order valence-corrected chi connectivity index (χ1v) is 6.46. The van der Waals surface area contributed by atoms with Gasteiger partial charge in [-0.15, -0.1) is 0 Å². The molecule has 2 aliphatic heterocycles. The van der Waals surface area contributed by atoms with Crippen LogP contribution in [-0.4, -0.2) is 62.7 Å². The van der Waals surface area contributed by atoms with Gasteiger partial charge in [0, 0.05) is 19.6 Å². The predicted molar refractivity (Wildman–Crippen MR) is 64.1 cm³/mol. The summed E-state index contributed by atoms with van der Waals surface area (Å²) in [6, 6.07) is 0. The number of likely N-dealkylation sites (tertiary alicyclic amines) is 1. The highest BCUT2D eigenvalue weighted by Crippen LogP contribution is 2.10. The van der Waals surface area contributed by atoms with E-state index < -0.39 is 0 Å². The smallest absolute Gasteiger partial charge is 0.0109 e. The summed E-state index contributed by atoms with van der Waals surface area (Å²) in [6.07, 6.45) is 4.20. The second-order valence-electron chi connectivity index (χ2n) is 5.17. The fourth-order valence-electron chi connectivity index (χ4n) is 2.72. The van der Waals surface area contributed by atoms with Crippen molar-refractivity contribution in [1.29, 1.82) is 0 Å². The Labute approximate surface area is 93.8 Å². The maximum Gasteiger partial charge on any atom is 0.0109 e. The van der Waals surface area contributed by atoms with E-state index in [1.54, 1.807) is 0 Å². The number of rotatable bonds is 5. The highest BCUT2D eigenvalue weighted by atomic mass is 15.2. The molecule has 15 heavy (non-hydrogen) atoms. The number of hydrogen-bond donors (Lipinski definition) is 1. The molecule has 2 saturated heterocycles. The van der Waals surface area contributed by atoms with Gasteiger partial charge in [0.15, 0.2) is 0 Å². The van der Waals surface area contributed by atoms with Crippen LogP contribution in [-0.2, 0) is 0 Å². The maximum atomic E-state index is 3.44. The molecule has 0 amide bonds. The minimum absolute atomic E-state index is 0.897. The van der Waals surface area contributed by atoms with E-state index >= 15 is 0 Å². The van der Waals surface area contributed by atoms with Crippen molar-refractivity contribution in [3.63, 3.8) is 0 Å². The number of likely N-dealkylation sites (N-methyl/N-ethyl adjacent to an activating group) is 1. The summed E-state index contributed by atoms with van der Waals surface area (Å²) in [6.45, 7) is 8.92. The van der Waals surface area contributed by atoms with E-state index in [2.05, 4.69) is 22.2 Å². The Morgan fingerprint density at radius 2 is 2.13 bits per heavy atom. The average Bonchev–Trinajstić information content (AvgIpc) is 2.86. The number of nitrogens with one attached hydrogen (secondary N) is 1. The van der Waals surface area contributed by atoms with Crippen LogP contribution in [0.15, 0.2) is 0 Å². The molecule has 3 nitrogen and oxygen atoms in total.